The number of hydrogen-bond donors (Lipinski definition) is 2. The van der Waals surface area contributed by atoms with Gasteiger partial charge in [0.2, 0.25) is 0 Å². The fourth-order valence-electron chi connectivity index (χ4n) is 1.98. The van der Waals surface area contributed by atoms with Crippen molar-refractivity contribution in [1.29, 1.82) is 5.26 Å². The summed E-state index contributed by atoms with van der Waals surface area (Å²) in [5.74, 6) is -1.52. The van der Waals surface area contributed by atoms with Crippen molar-refractivity contribution in [3.8, 4) is 6.07 Å². The van der Waals surface area contributed by atoms with Crippen molar-refractivity contribution in [2.75, 3.05) is 6.54 Å². The first-order valence-electron chi connectivity index (χ1n) is 6.43. The molecule has 5 heteroatoms. The van der Waals surface area contributed by atoms with Gasteiger partial charge in [0.05, 0.1) is 23.3 Å². The predicted octanol–water partition coefficient (Wildman–Crippen LogP) is 2.66. The number of nitrogens with one attached hydrogen (secondary N) is 1. The maximum absolute atomic E-state index is 13.5. The molecule has 0 heterocycles. The zero-order valence-electron chi connectivity index (χ0n) is 11.2. The lowest BCUT2D eigenvalue weighted by Gasteiger charge is -2.14. The van der Waals surface area contributed by atoms with Crippen molar-refractivity contribution in [2.24, 2.45) is 0 Å². The van der Waals surface area contributed by atoms with E-state index in [1.54, 1.807) is 24.3 Å². The predicted molar refractivity (Wildman–Crippen MR) is 74.2 cm³/mol. The molecule has 0 aliphatic heterocycles. The molecule has 2 aromatic carbocycles. The maximum atomic E-state index is 13.5. The van der Waals surface area contributed by atoms with Crippen LogP contribution in [0, 0.1) is 23.0 Å². The molecule has 0 aromatic heterocycles. The Bertz CT molecular complexity index is 630. The standard InChI is InChI=1S/C16H14F2N2O/c17-13-2-1-3-14(18)16(13)15(21)10-20-9-12-6-4-11(8-19)5-7-12/h1-7,15,20-21H,9-10H2. The van der Waals surface area contributed by atoms with Crippen LogP contribution >= 0.6 is 0 Å². The monoisotopic (exact) mass is 288 g/mol. The molecule has 0 radical (unpaired) electrons. The molecule has 0 bridgehead atoms. The molecule has 0 amide bonds. The van der Waals surface area contributed by atoms with Gasteiger partial charge in [-0.2, -0.15) is 5.26 Å². The highest BCUT2D eigenvalue weighted by Crippen LogP contribution is 2.20. The van der Waals surface area contributed by atoms with Crippen LogP contribution in [0.3, 0.4) is 0 Å². The van der Waals surface area contributed by atoms with Crippen LogP contribution < -0.4 is 5.32 Å². The number of hydrogen-bond acceptors (Lipinski definition) is 3. The summed E-state index contributed by atoms with van der Waals surface area (Å²) in [7, 11) is 0. The molecular formula is C16H14F2N2O. The van der Waals surface area contributed by atoms with Gasteiger partial charge in [0.1, 0.15) is 11.6 Å². The molecule has 2 N–H and O–H groups in total. The highest BCUT2D eigenvalue weighted by atomic mass is 19.1. The first-order valence-corrected chi connectivity index (χ1v) is 6.43. The summed E-state index contributed by atoms with van der Waals surface area (Å²) < 4.78 is 27.0. The van der Waals surface area contributed by atoms with Gasteiger partial charge in [0.25, 0.3) is 0 Å². The van der Waals surface area contributed by atoms with Gasteiger partial charge < -0.3 is 10.4 Å². The van der Waals surface area contributed by atoms with Crippen molar-refractivity contribution in [3.63, 3.8) is 0 Å². The lowest BCUT2D eigenvalue weighted by molar-refractivity contribution is 0.164. The number of benzene rings is 2. The highest BCUT2D eigenvalue weighted by Gasteiger charge is 2.17. The second-order valence-electron chi connectivity index (χ2n) is 4.59. The quantitative estimate of drug-likeness (QED) is 0.889. The van der Waals surface area contributed by atoms with Gasteiger partial charge >= 0.3 is 0 Å². The topological polar surface area (TPSA) is 56.0 Å². The van der Waals surface area contributed by atoms with Crippen LogP contribution in [0.15, 0.2) is 42.5 Å². The average molecular weight is 288 g/mol. The summed E-state index contributed by atoms with van der Waals surface area (Å²) in [6.45, 7) is 0.455. The molecule has 1 atom stereocenters. The summed E-state index contributed by atoms with van der Waals surface area (Å²) >= 11 is 0. The lowest BCUT2D eigenvalue weighted by Crippen LogP contribution is -2.22. The first-order chi connectivity index (χ1) is 10.1. The maximum Gasteiger partial charge on any atom is 0.131 e. The molecule has 108 valence electrons. The Morgan fingerprint density at radius 3 is 2.29 bits per heavy atom. The zero-order valence-corrected chi connectivity index (χ0v) is 11.2. The SMILES string of the molecule is N#Cc1ccc(CNCC(O)c2c(F)cccc2F)cc1. The molecule has 1 unspecified atom stereocenters. The van der Waals surface area contributed by atoms with Gasteiger partial charge in [-0.3, -0.25) is 0 Å². The fraction of sp³-hybridized carbons (Fsp3) is 0.188. The third-order valence-electron chi connectivity index (χ3n) is 3.08. The van der Waals surface area contributed by atoms with Crippen molar-refractivity contribution in [2.45, 2.75) is 12.6 Å². The van der Waals surface area contributed by atoms with E-state index in [1.165, 1.54) is 6.07 Å². The third kappa shape index (κ3) is 3.85. The Kier molecular flexibility index (Phi) is 4.99. The van der Waals surface area contributed by atoms with E-state index in [1.807, 2.05) is 6.07 Å². The molecule has 0 aliphatic carbocycles. The summed E-state index contributed by atoms with van der Waals surface area (Å²) in [6, 6.07) is 12.4. The summed E-state index contributed by atoms with van der Waals surface area (Å²) in [6.07, 6.45) is -1.26. The van der Waals surface area contributed by atoms with Crippen LogP contribution in [0.1, 0.15) is 22.8 Å². The van der Waals surface area contributed by atoms with Crippen LogP contribution in [0.25, 0.3) is 0 Å². The van der Waals surface area contributed by atoms with Crippen molar-refractivity contribution < 1.29 is 13.9 Å². The molecule has 0 saturated heterocycles. The first kappa shape index (κ1) is 15.1. The van der Waals surface area contributed by atoms with E-state index >= 15 is 0 Å². The molecule has 0 aliphatic rings. The smallest absolute Gasteiger partial charge is 0.131 e. The van der Waals surface area contributed by atoms with Gasteiger partial charge in [-0.15, -0.1) is 0 Å². The molecular weight excluding hydrogens is 274 g/mol. The second kappa shape index (κ2) is 6.93. The molecule has 21 heavy (non-hydrogen) atoms. The minimum Gasteiger partial charge on any atom is -0.387 e. The Morgan fingerprint density at radius 1 is 1.10 bits per heavy atom. The average Bonchev–Trinajstić information content (AvgIpc) is 2.48. The molecule has 0 saturated carbocycles. The molecule has 2 rings (SSSR count). The molecule has 0 spiro atoms. The number of aliphatic hydroxyl groups is 1. The lowest BCUT2D eigenvalue weighted by atomic mass is 10.1. The van der Waals surface area contributed by atoms with Gasteiger partial charge in [0.15, 0.2) is 0 Å². The van der Waals surface area contributed by atoms with E-state index in [2.05, 4.69) is 5.32 Å². The summed E-state index contributed by atoms with van der Waals surface area (Å²) in [4.78, 5) is 0. The third-order valence-corrected chi connectivity index (χ3v) is 3.08. The molecule has 3 nitrogen and oxygen atoms in total. The minimum atomic E-state index is -1.26. The number of nitriles is 1. The van der Waals surface area contributed by atoms with Crippen molar-refractivity contribution in [1.82, 2.24) is 5.32 Å². The molecule has 0 fully saturated rings. The van der Waals surface area contributed by atoms with Crippen LogP contribution in [0.4, 0.5) is 8.78 Å². The van der Waals surface area contributed by atoms with E-state index in [0.29, 0.717) is 12.1 Å². The number of nitrogens with zero attached hydrogens (tertiary/aromatic N) is 1. The largest absolute Gasteiger partial charge is 0.387 e. The van der Waals surface area contributed by atoms with E-state index in [0.717, 1.165) is 17.7 Å². The molecule has 2 aromatic rings. The number of aliphatic hydroxyl groups excluding tert-OH is 1. The van der Waals surface area contributed by atoms with Gasteiger partial charge in [-0.1, -0.05) is 18.2 Å². The summed E-state index contributed by atoms with van der Waals surface area (Å²) in [5.41, 5.74) is 1.15. The Hall–Kier alpha value is -2.29. The zero-order chi connectivity index (χ0) is 15.2. The second-order valence-corrected chi connectivity index (χ2v) is 4.59. The van der Waals surface area contributed by atoms with Crippen molar-refractivity contribution >= 4 is 0 Å². The van der Waals surface area contributed by atoms with Crippen LogP contribution in [0.5, 0.6) is 0 Å². The van der Waals surface area contributed by atoms with E-state index in [-0.39, 0.29) is 12.1 Å². The highest BCUT2D eigenvalue weighted by molar-refractivity contribution is 5.31. The number of rotatable bonds is 5. The van der Waals surface area contributed by atoms with E-state index in [4.69, 9.17) is 5.26 Å². The Morgan fingerprint density at radius 2 is 1.71 bits per heavy atom. The van der Waals surface area contributed by atoms with E-state index < -0.39 is 17.7 Å². The van der Waals surface area contributed by atoms with Crippen LogP contribution in [-0.4, -0.2) is 11.7 Å². The number of halogens is 2. The van der Waals surface area contributed by atoms with Gasteiger partial charge in [-0.05, 0) is 29.8 Å². The van der Waals surface area contributed by atoms with Crippen LogP contribution in [-0.2, 0) is 6.54 Å². The van der Waals surface area contributed by atoms with Gasteiger partial charge in [-0.25, -0.2) is 8.78 Å². The fourth-order valence-corrected chi connectivity index (χ4v) is 1.98. The van der Waals surface area contributed by atoms with Gasteiger partial charge in [0, 0.05) is 13.1 Å². The van der Waals surface area contributed by atoms with Crippen LogP contribution in [0.2, 0.25) is 0 Å². The van der Waals surface area contributed by atoms with Crippen molar-refractivity contribution in [3.05, 3.63) is 70.8 Å². The van der Waals surface area contributed by atoms with E-state index in [9.17, 15) is 13.9 Å². The summed E-state index contributed by atoms with van der Waals surface area (Å²) in [5, 5.41) is 21.5. The Balaban J connectivity index is 1.92. The minimum absolute atomic E-state index is 0.0256. The Labute approximate surface area is 121 Å². The normalized spacial score (nSPS) is 11.9.